The first kappa shape index (κ1) is 15.0. The van der Waals surface area contributed by atoms with Gasteiger partial charge in [0.2, 0.25) is 0 Å². The van der Waals surface area contributed by atoms with Crippen LogP contribution in [0.15, 0.2) is 53.7 Å². The summed E-state index contributed by atoms with van der Waals surface area (Å²) in [6, 6.07) is 13.4. The van der Waals surface area contributed by atoms with Crippen molar-refractivity contribution in [2.24, 2.45) is 5.16 Å². The molecule has 0 saturated carbocycles. The quantitative estimate of drug-likeness (QED) is 0.593. The number of para-hydroxylation sites is 1. The number of benzene rings is 2. The average Bonchev–Trinajstić information content (AvgIpc) is 2.52. The van der Waals surface area contributed by atoms with Crippen LogP contribution in [0.3, 0.4) is 0 Å². The molecular weight excluding hydrogens is 276 g/mol. The third-order valence-electron chi connectivity index (χ3n) is 2.85. The molecule has 0 aliphatic rings. The van der Waals surface area contributed by atoms with E-state index in [1.54, 1.807) is 37.4 Å². The lowest BCUT2D eigenvalue weighted by Crippen LogP contribution is -1.96. The summed E-state index contributed by atoms with van der Waals surface area (Å²) in [7, 11) is 1.54. The molecule has 0 N–H and O–H groups in total. The third kappa shape index (κ3) is 4.02. The lowest BCUT2D eigenvalue weighted by Gasteiger charge is -2.07. The van der Waals surface area contributed by atoms with Crippen molar-refractivity contribution in [1.82, 2.24) is 0 Å². The van der Waals surface area contributed by atoms with Crippen molar-refractivity contribution in [2.75, 3.05) is 7.11 Å². The van der Waals surface area contributed by atoms with Crippen LogP contribution in [0.4, 0.5) is 8.78 Å². The topological polar surface area (TPSA) is 30.8 Å². The first-order valence-corrected chi connectivity index (χ1v) is 6.29. The molecule has 109 valence electrons. The average molecular weight is 290 g/mol. The highest BCUT2D eigenvalue weighted by Crippen LogP contribution is 2.23. The summed E-state index contributed by atoms with van der Waals surface area (Å²) in [6.45, 7) is -0.0390. The minimum absolute atomic E-state index is 0.0390. The van der Waals surface area contributed by atoms with Crippen molar-refractivity contribution in [3.05, 3.63) is 65.2 Å². The van der Waals surface area contributed by atoms with E-state index in [-0.39, 0.29) is 12.2 Å². The second kappa shape index (κ2) is 7.38. The Hall–Kier alpha value is -2.43. The number of halogens is 2. The second-order valence-electron chi connectivity index (χ2n) is 4.18. The molecule has 2 aromatic rings. The van der Waals surface area contributed by atoms with Gasteiger partial charge in [-0.2, -0.15) is 0 Å². The van der Waals surface area contributed by atoms with Crippen LogP contribution in [-0.2, 0) is 11.4 Å². The number of alkyl halides is 2. The largest absolute Gasteiger partial charge is 0.496 e. The van der Waals surface area contributed by atoms with E-state index in [2.05, 4.69) is 11.4 Å². The molecule has 0 fully saturated rings. The first-order valence-electron chi connectivity index (χ1n) is 6.29. The lowest BCUT2D eigenvalue weighted by molar-refractivity contribution is 0.120. The molecule has 2 aromatic carbocycles. The zero-order chi connectivity index (χ0) is 15.1. The fraction of sp³-hybridized carbons (Fsp3) is 0.188. The number of hydrogen-bond donors (Lipinski definition) is 0. The molecule has 0 aliphatic carbocycles. The van der Waals surface area contributed by atoms with Gasteiger partial charge in [-0.05, 0) is 12.1 Å². The van der Waals surface area contributed by atoms with E-state index in [1.165, 1.54) is 6.07 Å². The van der Waals surface area contributed by atoms with Crippen LogP contribution in [-0.4, -0.2) is 13.3 Å². The molecule has 0 heterocycles. The van der Waals surface area contributed by atoms with Gasteiger partial charge < -0.3 is 9.57 Å². The molecule has 2 rings (SSSR count). The van der Waals surface area contributed by atoms with Crippen LogP contribution in [0.2, 0.25) is 0 Å². The molecule has 0 bridgehead atoms. The van der Waals surface area contributed by atoms with E-state index in [9.17, 15) is 8.78 Å². The molecular formula is C16H14F2NO2. The zero-order valence-corrected chi connectivity index (χ0v) is 11.4. The van der Waals surface area contributed by atoms with Gasteiger partial charge >= 0.3 is 0 Å². The van der Waals surface area contributed by atoms with Gasteiger partial charge in [-0.3, -0.25) is 0 Å². The van der Waals surface area contributed by atoms with E-state index in [4.69, 9.17) is 9.57 Å². The van der Waals surface area contributed by atoms with Crippen LogP contribution in [0, 0.1) is 0 Å². The van der Waals surface area contributed by atoms with Crippen molar-refractivity contribution in [2.45, 2.75) is 13.0 Å². The van der Waals surface area contributed by atoms with E-state index in [0.717, 1.165) is 0 Å². The van der Waals surface area contributed by atoms with Gasteiger partial charge in [-0.1, -0.05) is 41.6 Å². The van der Waals surface area contributed by atoms with Crippen molar-refractivity contribution in [3.63, 3.8) is 0 Å². The normalized spacial score (nSPS) is 11.0. The Kier molecular flexibility index (Phi) is 5.26. The van der Waals surface area contributed by atoms with E-state index < -0.39 is 6.43 Å². The Morgan fingerprint density at radius 3 is 2.57 bits per heavy atom. The van der Waals surface area contributed by atoms with Crippen LogP contribution in [0.5, 0.6) is 5.75 Å². The number of ether oxygens (including phenoxy) is 1. The molecule has 0 atom stereocenters. The van der Waals surface area contributed by atoms with E-state index in [1.807, 2.05) is 12.1 Å². The van der Waals surface area contributed by atoms with Gasteiger partial charge in [0.25, 0.3) is 6.43 Å². The molecule has 0 spiro atoms. The summed E-state index contributed by atoms with van der Waals surface area (Å²) in [5.74, 6) is 0.609. The molecule has 3 nitrogen and oxygen atoms in total. The summed E-state index contributed by atoms with van der Waals surface area (Å²) in [5.41, 5.74) is 0.977. The van der Waals surface area contributed by atoms with Crippen molar-refractivity contribution >= 4 is 6.21 Å². The maximum Gasteiger partial charge on any atom is 0.264 e. The predicted molar refractivity (Wildman–Crippen MR) is 75.7 cm³/mol. The van der Waals surface area contributed by atoms with Gasteiger partial charge in [-0.15, -0.1) is 0 Å². The summed E-state index contributed by atoms with van der Waals surface area (Å²) < 4.78 is 30.7. The lowest BCUT2D eigenvalue weighted by atomic mass is 10.1. The number of methoxy groups -OCH3 is 1. The van der Waals surface area contributed by atoms with E-state index in [0.29, 0.717) is 16.9 Å². The molecule has 0 aliphatic heterocycles. The van der Waals surface area contributed by atoms with Crippen molar-refractivity contribution < 1.29 is 18.4 Å². The maximum absolute atomic E-state index is 12.8. The Bertz CT molecular complexity index is 615. The standard InChI is InChI=1S/C16H14F2NO2/c1-20-15-9-5-3-6-12(15)10-19-21-11-13-7-2-4-8-14(13)16(17)18/h2-9,16H,11H2,1H3. The van der Waals surface area contributed by atoms with Crippen LogP contribution < -0.4 is 4.74 Å². The Morgan fingerprint density at radius 2 is 1.81 bits per heavy atom. The molecule has 21 heavy (non-hydrogen) atoms. The predicted octanol–water partition coefficient (Wildman–Crippen LogP) is 4.06. The molecule has 0 amide bonds. The highest BCUT2D eigenvalue weighted by molar-refractivity contribution is 5.82. The summed E-state index contributed by atoms with van der Waals surface area (Å²) in [6.07, 6.45) is 0.138. The van der Waals surface area contributed by atoms with Crippen LogP contribution >= 0.6 is 0 Å². The molecule has 0 saturated heterocycles. The van der Waals surface area contributed by atoms with Crippen LogP contribution in [0.1, 0.15) is 23.1 Å². The highest BCUT2D eigenvalue weighted by Gasteiger charge is 2.11. The fourth-order valence-electron chi connectivity index (χ4n) is 1.80. The van der Waals surface area contributed by atoms with Gasteiger partial charge in [0, 0.05) is 16.7 Å². The SMILES string of the molecule is COc1ccccc1/[C]=N\OCc1ccccc1C(F)F. The zero-order valence-electron chi connectivity index (χ0n) is 11.4. The molecule has 5 heteroatoms. The molecule has 0 aromatic heterocycles. The van der Waals surface area contributed by atoms with Gasteiger partial charge in [0.1, 0.15) is 18.6 Å². The second-order valence-corrected chi connectivity index (χ2v) is 4.18. The Morgan fingerprint density at radius 1 is 1.10 bits per heavy atom. The van der Waals surface area contributed by atoms with E-state index >= 15 is 0 Å². The maximum atomic E-state index is 12.8. The van der Waals surface area contributed by atoms with Crippen LogP contribution in [0.25, 0.3) is 0 Å². The Balaban J connectivity index is 2.00. The number of hydrogen-bond acceptors (Lipinski definition) is 3. The van der Waals surface area contributed by atoms with Gasteiger partial charge in [-0.25, -0.2) is 8.78 Å². The minimum Gasteiger partial charge on any atom is -0.496 e. The summed E-state index contributed by atoms with van der Waals surface area (Å²) in [5, 5.41) is 3.67. The molecule has 0 unspecified atom stereocenters. The monoisotopic (exact) mass is 290 g/mol. The smallest absolute Gasteiger partial charge is 0.264 e. The van der Waals surface area contributed by atoms with Gasteiger partial charge in [0.05, 0.1) is 7.11 Å². The van der Waals surface area contributed by atoms with Crippen molar-refractivity contribution in [3.8, 4) is 5.75 Å². The fourth-order valence-corrected chi connectivity index (χ4v) is 1.80. The summed E-state index contributed by atoms with van der Waals surface area (Å²) in [4.78, 5) is 5.04. The minimum atomic E-state index is -2.54. The molecule has 1 radical (unpaired) electrons. The Labute approximate surface area is 121 Å². The number of rotatable bonds is 6. The number of nitrogens with zero attached hydrogens (tertiary/aromatic N) is 1. The third-order valence-corrected chi connectivity index (χ3v) is 2.85. The van der Waals surface area contributed by atoms with Crippen molar-refractivity contribution in [1.29, 1.82) is 0 Å². The van der Waals surface area contributed by atoms with Gasteiger partial charge in [0.15, 0.2) is 0 Å². The highest BCUT2D eigenvalue weighted by atomic mass is 19.3. The summed E-state index contributed by atoms with van der Waals surface area (Å²) >= 11 is 0. The first-order chi connectivity index (χ1) is 10.2.